The summed E-state index contributed by atoms with van der Waals surface area (Å²) in [6, 6.07) is 5.41. The zero-order valence-corrected chi connectivity index (χ0v) is 9.54. The molecule has 0 saturated carbocycles. The highest BCUT2D eigenvalue weighted by molar-refractivity contribution is 7.07. The highest BCUT2D eigenvalue weighted by atomic mass is 32.1. The number of hydrogen-bond donors (Lipinski definition) is 1. The Kier molecular flexibility index (Phi) is 3.34. The summed E-state index contributed by atoms with van der Waals surface area (Å²) in [5.41, 5.74) is 1.11. The van der Waals surface area contributed by atoms with Crippen LogP contribution in [-0.4, -0.2) is 4.92 Å². The van der Waals surface area contributed by atoms with Gasteiger partial charge in [0.05, 0.1) is 11.0 Å². The molecular formula is C11H9FN2O2S. The first-order valence-electron chi connectivity index (χ1n) is 4.85. The van der Waals surface area contributed by atoms with Gasteiger partial charge in [0, 0.05) is 6.54 Å². The minimum absolute atomic E-state index is 0.250. The maximum Gasteiger partial charge on any atom is 0.295 e. The number of nitro benzene ring substituents is 1. The van der Waals surface area contributed by atoms with Crippen LogP contribution in [0.15, 0.2) is 35.0 Å². The van der Waals surface area contributed by atoms with Crippen molar-refractivity contribution in [1.29, 1.82) is 0 Å². The molecule has 1 N–H and O–H groups in total. The van der Waals surface area contributed by atoms with Gasteiger partial charge in [0.15, 0.2) is 0 Å². The van der Waals surface area contributed by atoms with Crippen molar-refractivity contribution in [3.8, 4) is 0 Å². The van der Waals surface area contributed by atoms with E-state index in [4.69, 9.17) is 0 Å². The number of thiophene rings is 1. The van der Waals surface area contributed by atoms with Crippen molar-refractivity contribution in [2.75, 3.05) is 5.32 Å². The van der Waals surface area contributed by atoms with Gasteiger partial charge in [-0.2, -0.15) is 11.3 Å². The Bertz CT molecular complexity index is 528. The van der Waals surface area contributed by atoms with Gasteiger partial charge in [-0.1, -0.05) is 0 Å². The summed E-state index contributed by atoms with van der Waals surface area (Å²) in [5, 5.41) is 17.5. The molecule has 1 heterocycles. The van der Waals surface area contributed by atoms with Crippen LogP contribution >= 0.6 is 11.3 Å². The molecule has 0 radical (unpaired) electrons. The summed E-state index contributed by atoms with van der Waals surface area (Å²) in [4.78, 5) is 10.1. The first kappa shape index (κ1) is 11.5. The second kappa shape index (κ2) is 4.92. The summed E-state index contributed by atoms with van der Waals surface area (Å²) in [6.07, 6.45) is 0. The number of rotatable bonds is 4. The van der Waals surface area contributed by atoms with Crippen LogP contribution in [0.2, 0.25) is 0 Å². The van der Waals surface area contributed by atoms with Crippen molar-refractivity contribution >= 4 is 22.7 Å². The maximum absolute atomic E-state index is 12.9. The van der Waals surface area contributed by atoms with Crippen molar-refractivity contribution in [2.45, 2.75) is 6.54 Å². The maximum atomic E-state index is 12.9. The number of anilines is 1. The average Bonchev–Trinajstić information content (AvgIpc) is 2.80. The lowest BCUT2D eigenvalue weighted by atomic mass is 10.2. The van der Waals surface area contributed by atoms with Crippen LogP contribution in [0, 0.1) is 15.9 Å². The molecule has 0 aliphatic heterocycles. The standard InChI is InChI=1S/C11H9FN2O2S/c12-9-1-2-10(11(5-9)14(15)16)13-6-8-3-4-17-7-8/h1-5,7,13H,6H2. The molecule has 0 spiro atoms. The molecule has 4 nitrogen and oxygen atoms in total. The highest BCUT2D eigenvalue weighted by Gasteiger charge is 2.14. The van der Waals surface area contributed by atoms with Crippen LogP contribution in [0.5, 0.6) is 0 Å². The van der Waals surface area contributed by atoms with Gasteiger partial charge in [0.2, 0.25) is 0 Å². The molecule has 88 valence electrons. The van der Waals surface area contributed by atoms with E-state index in [-0.39, 0.29) is 5.69 Å². The third-order valence-corrected chi connectivity index (χ3v) is 2.95. The lowest BCUT2D eigenvalue weighted by Crippen LogP contribution is -2.02. The Morgan fingerprint density at radius 1 is 1.41 bits per heavy atom. The fourth-order valence-corrected chi connectivity index (χ4v) is 2.06. The lowest BCUT2D eigenvalue weighted by molar-refractivity contribution is -0.384. The Labute approximate surface area is 101 Å². The van der Waals surface area contributed by atoms with E-state index in [1.807, 2.05) is 16.8 Å². The molecule has 0 unspecified atom stereocenters. The van der Waals surface area contributed by atoms with Gasteiger partial charge in [-0.05, 0) is 34.5 Å². The molecule has 6 heteroatoms. The van der Waals surface area contributed by atoms with Crippen molar-refractivity contribution in [3.63, 3.8) is 0 Å². The summed E-state index contributed by atoms with van der Waals surface area (Å²) in [7, 11) is 0. The molecule has 2 aromatic rings. The molecule has 17 heavy (non-hydrogen) atoms. The van der Waals surface area contributed by atoms with E-state index < -0.39 is 10.7 Å². The van der Waals surface area contributed by atoms with E-state index in [2.05, 4.69) is 5.32 Å². The molecule has 1 aromatic heterocycles. The van der Waals surface area contributed by atoms with Crippen LogP contribution in [0.25, 0.3) is 0 Å². The number of nitrogens with one attached hydrogen (secondary N) is 1. The van der Waals surface area contributed by atoms with Crippen molar-refractivity contribution in [3.05, 3.63) is 56.5 Å². The van der Waals surface area contributed by atoms with E-state index in [1.54, 1.807) is 11.3 Å². The minimum atomic E-state index is -0.613. The van der Waals surface area contributed by atoms with Crippen LogP contribution < -0.4 is 5.32 Å². The van der Waals surface area contributed by atoms with Gasteiger partial charge < -0.3 is 5.32 Å². The van der Waals surface area contributed by atoms with Gasteiger partial charge in [0.25, 0.3) is 5.69 Å². The second-order valence-corrected chi connectivity index (χ2v) is 4.18. The smallest absolute Gasteiger partial charge is 0.295 e. The van der Waals surface area contributed by atoms with Gasteiger partial charge in [-0.3, -0.25) is 10.1 Å². The molecule has 2 rings (SSSR count). The quantitative estimate of drug-likeness (QED) is 0.670. The molecule has 0 aliphatic rings. The minimum Gasteiger partial charge on any atom is -0.375 e. The zero-order chi connectivity index (χ0) is 12.3. The summed E-state index contributed by atoms with van der Waals surface area (Å²) in [6.45, 7) is 0.482. The van der Waals surface area contributed by atoms with E-state index in [1.165, 1.54) is 12.1 Å². The third kappa shape index (κ3) is 2.79. The molecule has 0 aliphatic carbocycles. The summed E-state index contributed by atoms with van der Waals surface area (Å²) < 4.78 is 12.9. The third-order valence-electron chi connectivity index (χ3n) is 2.22. The number of nitro groups is 1. The van der Waals surface area contributed by atoms with Gasteiger partial charge in [-0.25, -0.2) is 4.39 Å². The van der Waals surface area contributed by atoms with Gasteiger partial charge in [0.1, 0.15) is 11.5 Å². The Morgan fingerprint density at radius 2 is 2.24 bits per heavy atom. The number of hydrogen-bond acceptors (Lipinski definition) is 4. The predicted molar refractivity (Wildman–Crippen MR) is 64.7 cm³/mol. The molecule has 0 bridgehead atoms. The second-order valence-electron chi connectivity index (χ2n) is 3.40. The topological polar surface area (TPSA) is 55.2 Å². The van der Waals surface area contributed by atoms with Gasteiger partial charge >= 0.3 is 0 Å². The lowest BCUT2D eigenvalue weighted by Gasteiger charge is -2.05. The number of nitrogens with zero attached hydrogens (tertiary/aromatic N) is 1. The first-order valence-corrected chi connectivity index (χ1v) is 5.80. The molecular weight excluding hydrogens is 243 g/mol. The fraction of sp³-hybridized carbons (Fsp3) is 0.0909. The van der Waals surface area contributed by atoms with Crippen molar-refractivity contribution in [1.82, 2.24) is 0 Å². The first-order chi connectivity index (χ1) is 8.16. The highest BCUT2D eigenvalue weighted by Crippen LogP contribution is 2.25. The molecule has 0 saturated heterocycles. The zero-order valence-electron chi connectivity index (χ0n) is 8.72. The van der Waals surface area contributed by atoms with E-state index in [9.17, 15) is 14.5 Å². The van der Waals surface area contributed by atoms with E-state index in [0.717, 1.165) is 11.6 Å². The van der Waals surface area contributed by atoms with Crippen molar-refractivity contribution < 1.29 is 9.31 Å². The van der Waals surface area contributed by atoms with Crippen LogP contribution in [0.4, 0.5) is 15.8 Å². The number of benzene rings is 1. The monoisotopic (exact) mass is 252 g/mol. The van der Waals surface area contributed by atoms with E-state index >= 15 is 0 Å². The summed E-state index contributed by atoms with van der Waals surface area (Å²) >= 11 is 1.55. The Hall–Kier alpha value is -1.95. The molecule has 0 atom stereocenters. The average molecular weight is 252 g/mol. The SMILES string of the molecule is O=[N+]([O-])c1cc(F)ccc1NCc1ccsc1. The predicted octanol–water partition coefficient (Wildman–Crippen LogP) is 3.41. The van der Waals surface area contributed by atoms with Crippen LogP contribution in [0.3, 0.4) is 0 Å². The Balaban J connectivity index is 2.17. The van der Waals surface area contributed by atoms with E-state index in [0.29, 0.717) is 12.2 Å². The van der Waals surface area contributed by atoms with Gasteiger partial charge in [-0.15, -0.1) is 0 Å². The summed E-state index contributed by atoms with van der Waals surface area (Å²) in [5.74, 6) is -0.613. The molecule has 0 fully saturated rings. The Morgan fingerprint density at radius 3 is 2.88 bits per heavy atom. The van der Waals surface area contributed by atoms with Crippen LogP contribution in [-0.2, 0) is 6.54 Å². The normalized spacial score (nSPS) is 10.2. The van der Waals surface area contributed by atoms with Crippen LogP contribution in [0.1, 0.15) is 5.56 Å². The largest absolute Gasteiger partial charge is 0.375 e. The van der Waals surface area contributed by atoms with Crippen molar-refractivity contribution in [2.24, 2.45) is 0 Å². The molecule has 0 amide bonds. The number of halogens is 1. The molecule has 1 aromatic carbocycles. The fourth-order valence-electron chi connectivity index (χ4n) is 1.40.